The lowest BCUT2D eigenvalue weighted by molar-refractivity contribution is 0.112. The van der Waals surface area contributed by atoms with E-state index >= 15 is 0 Å². The molecule has 0 bridgehead atoms. The highest BCUT2D eigenvalue weighted by atomic mass is 19.1. The predicted octanol–water partition coefficient (Wildman–Crippen LogP) is 2.96. The van der Waals surface area contributed by atoms with Gasteiger partial charge >= 0.3 is 0 Å². The van der Waals surface area contributed by atoms with Crippen molar-refractivity contribution < 1.29 is 9.18 Å². The maximum Gasteiger partial charge on any atom is 0.152 e. The van der Waals surface area contributed by atoms with Crippen molar-refractivity contribution in [3.05, 3.63) is 59.9 Å². The number of para-hydroxylation sites is 1. The number of carbonyl (C=O) groups is 1. The van der Waals surface area contributed by atoms with Gasteiger partial charge in [0.2, 0.25) is 0 Å². The molecule has 2 aromatic carbocycles. The molecule has 0 aliphatic carbocycles. The van der Waals surface area contributed by atoms with Crippen LogP contribution in [0, 0.1) is 5.82 Å². The summed E-state index contributed by atoms with van der Waals surface area (Å²) in [6.45, 7) is 3.42. The predicted molar refractivity (Wildman–Crippen MR) is 82.7 cm³/mol. The minimum Gasteiger partial charge on any atom is -0.368 e. The third kappa shape index (κ3) is 2.89. The molecule has 1 heterocycles. The zero-order chi connectivity index (χ0) is 14.7. The van der Waals surface area contributed by atoms with Crippen molar-refractivity contribution in [3.63, 3.8) is 0 Å². The third-order valence-electron chi connectivity index (χ3n) is 3.86. The largest absolute Gasteiger partial charge is 0.368 e. The minimum absolute atomic E-state index is 0.372. The van der Waals surface area contributed by atoms with Crippen LogP contribution in [0.1, 0.15) is 10.4 Å². The van der Waals surface area contributed by atoms with Crippen LogP contribution in [-0.2, 0) is 0 Å². The quantitative estimate of drug-likeness (QED) is 0.810. The summed E-state index contributed by atoms with van der Waals surface area (Å²) in [7, 11) is 0. The molecule has 0 aromatic heterocycles. The van der Waals surface area contributed by atoms with Crippen LogP contribution in [0.25, 0.3) is 0 Å². The maximum atomic E-state index is 13.2. The molecule has 0 saturated carbocycles. The highest BCUT2D eigenvalue weighted by molar-refractivity contribution is 5.84. The molecule has 0 unspecified atom stereocenters. The van der Waals surface area contributed by atoms with Crippen molar-refractivity contribution in [1.82, 2.24) is 0 Å². The van der Waals surface area contributed by atoms with Gasteiger partial charge in [-0.1, -0.05) is 18.2 Å². The zero-order valence-electron chi connectivity index (χ0n) is 11.7. The number of rotatable bonds is 3. The number of halogens is 1. The smallest absolute Gasteiger partial charge is 0.152 e. The van der Waals surface area contributed by atoms with E-state index in [0.29, 0.717) is 5.56 Å². The Balaban J connectivity index is 1.73. The first-order valence-corrected chi connectivity index (χ1v) is 7.07. The summed E-state index contributed by atoms with van der Waals surface area (Å²) in [6.07, 6.45) is 0.724. The van der Waals surface area contributed by atoms with Gasteiger partial charge in [-0.05, 0) is 30.3 Å². The molecular weight excluding hydrogens is 267 g/mol. The molecule has 0 N–H and O–H groups in total. The molecule has 0 radical (unpaired) electrons. The van der Waals surface area contributed by atoms with Crippen LogP contribution >= 0.6 is 0 Å². The van der Waals surface area contributed by atoms with Crippen molar-refractivity contribution in [2.24, 2.45) is 0 Å². The van der Waals surface area contributed by atoms with Crippen LogP contribution in [0.3, 0.4) is 0 Å². The molecule has 0 spiro atoms. The molecule has 2 aromatic rings. The van der Waals surface area contributed by atoms with E-state index in [1.54, 1.807) is 6.07 Å². The lowest BCUT2D eigenvalue weighted by Gasteiger charge is -2.37. The monoisotopic (exact) mass is 284 g/mol. The lowest BCUT2D eigenvalue weighted by atomic mass is 10.1. The molecule has 0 atom stereocenters. The van der Waals surface area contributed by atoms with Crippen molar-refractivity contribution in [2.75, 3.05) is 36.0 Å². The summed E-state index contributed by atoms with van der Waals surface area (Å²) >= 11 is 0. The maximum absolute atomic E-state index is 13.2. The van der Waals surface area contributed by atoms with E-state index in [1.807, 2.05) is 18.2 Å². The molecule has 0 amide bonds. The summed E-state index contributed by atoms with van der Waals surface area (Å²) in [5.74, 6) is -0.372. The van der Waals surface area contributed by atoms with Crippen molar-refractivity contribution in [2.45, 2.75) is 0 Å². The van der Waals surface area contributed by atoms with Gasteiger partial charge in [-0.2, -0.15) is 0 Å². The van der Waals surface area contributed by atoms with E-state index in [4.69, 9.17) is 0 Å². The van der Waals surface area contributed by atoms with Gasteiger partial charge in [0.05, 0.1) is 0 Å². The number of aldehydes is 1. The average Bonchev–Trinajstić information content (AvgIpc) is 2.56. The van der Waals surface area contributed by atoms with E-state index in [1.165, 1.54) is 17.8 Å². The van der Waals surface area contributed by atoms with E-state index in [2.05, 4.69) is 21.9 Å². The van der Waals surface area contributed by atoms with Crippen LogP contribution in [0.5, 0.6) is 0 Å². The highest BCUT2D eigenvalue weighted by Gasteiger charge is 2.19. The molecule has 3 rings (SSSR count). The molecular formula is C17H17FN2O. The Morgan fingerprint density at radius 1 is 0.905 bits per heavy atom. The second-order valence-corrected chi connectivity index (χ2v) is 5.13. The summed E-state index contributed by atoms with van der Waals surface area (Å²) in [5, 5.41) is 0. The number of piperazine rings is 1. The Morgan fingerprint density at radius 3 is 2.24 bits per heavy atom. The second kappa shape index (κ2) is 5.95. The van der Waals surface area contributed by atoms with Crippen LogP contribution in [-0.4, -0.2) is 32.5 Å². The van der Waals surface area contributed by atoms with E-state index < -0.39 is 0 Å². The topological polar surface area (TPSA) is 23.6 Å². The zero-order valence-corrected chi connectivity index (χ0v) is 11.7. The van der Waals surface area contributed by atoms with Crippen molar-refractivity contribution >= 4 is 17.7 Å². The molecule has 1 aliphatic rings. The van der Waals surface area contributed by atoms with E-state index in [9.17, 15) is 9.18 Å². The number of benzene rings is 2. The highest BCUT2D eigenvalue weighted by Crippen LogP contribution is 2.23. The Labute approximate surface area is 123 Å². The standard InChI is InChI=1S/C17H17FN2O/c18-15-6-7-17(14(12-15)13-21)20-10-8-19(9-11-20)16-4-2-1-3-5-16/h1-7,12-13H,8-11H2. The van der Waals surface area contributed by atoms with Gasteiger partial charge in [-0.3, -0.25) is 4.79 Å². The van der Waals surface area contributed by atoms with Crippen LogP contribution in [0.4, 0.5) is 15.8 Å². The summed E-state index contributed by atoms with van der Waals surface area (Å²) < 4.78 is 13.2. The fraction of sp³-hybridized carbons (Fsp3) is 0.235. The van der Waals surface area contributed by atoms with Gasteiger partial charge in [0.1, 0.15) is 5.82 Å². The summed E-state index contributed by atoms with van der Waals surface area (Å²) in [6, 6.07) is 14.7. The van der Waals surface area contributed by atoms with E-state index in [-0.39, 0.29) is 5.82 Å². The SMILES string of the molecule is O=Cc1cc(F)ccc1N1CCN(c2ccccc2)CC1. The van der Waals surface area contributed by atoms with Crippen LogP contribution < -0.4 is 9.80 Å². The van der Waals surface area contributed by atoms with Gasteiger partial charge in [-0.15, -0.1) is 0 Å². The third-order valence-corrected chi connectivity index (χ3v) is 3.86. The number of anilines is 2. The Morgan fingerprint density at radius 2 is 1.57 bits per heavy atom. The van der Waals surface area contributed by atoms with Crippen molar-refractivity contribution in [1.29, 1.82) is 0 Å². The van der Waals surface area contributed by atoms with Gasteiger partial charge < -0.3 is 9.80 Å². The number of carbonyl (C=O) groups excluding carboxylic acids is 1. The lowest BCUT2D eigenvalue weighted by Crippen LogP contribution is -2.46. The summed E-state index contributed by atoms with van der Waals surface area (Å²) in [4.78, 5) is 15.6. The molecule has 21 heavy (non-hydrogen) atoms. The number of hydrogen-bond acceptors (Lipinski definition) is 3. The van der Waals surface area contributed by atoms with Gasteiger partial charge in [0.15, 0.2) is 6.29 Å². The van der Waals surface area contributed by atoms with Crippen LogP contribution in [0.15, 0.2) is 48.5 Å². The summed E-state index contributed by atoms with van der Waals surface area (Å²) in [5.41, 5.74) is 2.45. The molecule has 1 aliphatic heterocycles. The molecule has 1 fully saturated rings. The molecule has 4 heteroatoms. The van der Waals surface area contributed by atoms with Gasteiger partial charge in [0.25, 0.3) is 0 Å². The molecule has 1 saturated heterocycles. The van der Waals surface area contributed by atoms with Gasteiger partial charge in [-0.25, -0.2) is 4.39 Å². The Kier molecular flexibility index (Phi) is 3.86. The Bertz CT molecular complexity index is 622. The molecule has 3 nitrogen and oxygen atoms in total. The first-order valence-electron chi connectivity index (χ1n) is 7.07. The minimum atomic E-state index is -0.372. The normalized spacial score (nSPS) is 15.1. The second-order valence-electron chi connectivity index (χ2n) is 5.13. The van der Waals surface area contributed by atoms with Crippen molar-refractivity contribution in [3.8, 4) is 0 Å². The van der Waals surface area contributed by atoms with Gasteiger partial charge in [0, 0.05) is 43.1 Å². The fourth-order valence-corrected chi connectivity index (χ4v) is 2.75. The average molecular weight is 284 g/mol. The fourth-order valence-electron chi connectivity index (χ4n) is 2.75. The first kappa shape index (κ1) is 13.6. The number of hydrogen-bond donors (Lipinski definition) is 0. The van der Waals surface area contributed by atoms with E-state index in [0.717, 1.165) is 38.2 Å². The molecule has 108 valence electrons. The Hall–Kier alpha value is -2.36. The van der Waals surface area contributed by atoms with Crippen LogP contribution in [0.2, 0.25) is 0 Å². The first-order chi connectivity index (χ1) is 10.3. The number of nitrogens with zero attached hydrogens (tertiary/aromatic N) is 2.